The van der Waals surface area contributed by atoms with Gasteiger partial charge in [-0.1, -0.05) is 27.5 Å². The summed E-state index contributed by atoms with van der Waals surface area (Å²) in [6, 6.07) is 9.81. The van der Waals surface area contributed by atoms with Crippen LogP contribution in [0.25, 0.3) is 0 Å². The summed E-state index contributed by atoms with van der Waals surface area (Å²) in [5, 5.41) is 3.76. The molecule has 0 aliphatic heterocycles. The topological polar surface area (TPSA) is 24.9 Å². The normalized spacial score (nSPS) is 10.2. The molecule has 0 fully saturated rings. The molecule has 1 heterocycles. The van der Waals surface area contributed by atoms with Crippen LogP contribution in [-0.4, -0.2) is 4.98 Å². The molecule has 1 aromatic carbocycles. The summed E-state index contributed by atoms with van der Waals surface area (Å²) in [5.74, 6) is 0. The largest absolute Gasteiger partial charge is 0.355 e. The highest BCUT2D eigenvalue weighted by molar-refractivity contribution is 9.10. The third kappa shape index (κ3) is 2.97. The highest BCUT2D eigenvalue weighted by Crippen LogP contribution is 2.23. The van der Waals surface area contributed by atoms with Crippen LogP contribution in [0.3, 0.4) is 0 Å². The van der Waals surface area contributed by atoms with E-state index in [1.165, 1.54) is 5.56 Å². The fourth-order valence-electron chi connectivity index (χ4n) is 1.46. The van der Waals surface area contributed by atoms with Gasteiger partial charge < -0.3 is 5.32 Å². The number of rotatable bonds is 2. The number of hydrogen-bond acceptors (Lipinski definition) is 2. The first kappa shape index (κ1) is 11.4. The Morgan fingerprint density at radius 1 is 1.19 bits per heavy atom. The molecule has 0 atom stereocenters. The van der Waals surface area contributed by atoms with Crippen molar-refractivity contribution in [1.29, 1.82) is 0 Å². The molecule has 16 heavy (non-hydrogen) atoms. The molecule has 4 heteroatoms. The number of anilines is 2. The van der Waals surface area contributed by atoms with Crippen molar-refractivity contribution in [2.45, 2.75) is 6.92 Å². The van der Waals surface area contributed by atoms with Gasteiger partial charge in [0.15, 0.2) is 0 Å². The van der Waals surface area contributed by atoms with E-state index in [1.807, 2.05) is 12.1 Å². The molecule has 0 saturated carbocycles. The van der Waals surface area contributed by atoms with Gasteiger partial charge in [-0.25, -0.2) is 4.98 Å². The number of nitrogens with one attached hydrogen (secondary N) is 1. The van der Waals surface area contributed by atoms with Gasteiger partial charge in [0.1, 0.15) is 5.15 Å². The number of benzene rings is 1. The molecule has 2 nitrogen and oxygen atoms in total. The lowest BCUT2D eigenvalue weighted by Crippen LogP contribution is -1.91. The first-order valence-electron chi connectivity index (χ1n) is 4.79. The second-order valence-electron chi connectivity index (χ2n) is 3.51. The van der Waals surface area contributed by atoms with Crippen molar-refractivity contribution in [3.05, 3.63) is 51.7 Å². The molecule has 0 bridgehead atoms. The van der Waals surface area contributed by atoms with Crippen LogP contribution in [-0.2, 0) is 0 Å². The first-order chi connectivity index (χ1) is 7.63. The fraction of sp³-hybridized carbons (Fsp3) is 0.0833. The third-order valence-corrected chi connectivity index (χ3v) is 2.72. The van der Waals surface area contributed by atoms with Crippen molar-refractivity contribution in [3.8, 4) is 0 Å². The Morgan fingerprint density at radius 3 is 2.69 bits per heavy atom. The molecule has 0 radical (unpaired) electrons. The predicted octanol–water partition coefficient (Wildman–Crippen LogP) is 4.55. The number of aromatic nitrogens is 1. The van der Waals surface area contributed by atoms with Crippen LogP contribution in [0.5, 0.6) is 0 Å². The number of pyridine rings is 1. The van der Waals surface area contributed by atoms with Gasteiger partial charge in [-0.2, -0.15) is 0 Å². The maximum Gasteiger partial charge on any atom is 0.131 e. The summed E-state index contributed by atoms with van der Waals surface area (Å²) in [6.07, 6.45) is 1.68. The Labute approximate surface area is 108 Å². The van der Waals surface area contributed by atoms with Crippen molar-refractivity contribution in [2.24, 2.45) is 0 Å². The predicted molar refractivity (Wildman–Crippen MR) is 71.4 cm³/mol. The van der Waals surface area contributed by atoms with E-state index in [2.05, 4.69) is 45.3 Å². The molecular formula is C12H10BrClN2. The van der Waals surface area contributed by atoms with E-state index in [9.17, 15) is 0 Å². The van der Waals surface area contributed by atoms with Gasteiger partial charge in [-0.05, 0) is 42.8 Å². The van der Waals surface area contributed by atoms with Crippen LogP contribution >= 0.6 is 27.5 Å². The molecule has 1 aromatic heterocycles. The van der Waals surface area contributed by atoms with E-state index >= 15 is 0 Å². The monoisotopic (exact) mass is 296 g/mol. The van der Waals surface area contributed by atoms with Gasteiger partial charge in [0.25, 0.3) is 0 Å². The number of hydrogen-bond donors (Lipinski definition) is 1. The summed E-state index contributed by atoms with van der Waals surface area (Å²) in [5.41, 5.74) is 3.14. The van der Waals surface area contributed by atoms with Crippen LogP contribution < -0.4 is 5.32 Å². The quantitative estimate of drug-likeness (QED) is 0.823. The smallest absolute Gasteiger partial charge is 0.131 e. The standard InChI is InChI=1S/C12H10BrClN2/c1-8-4-9(13)6-11(5-8)16-10-2-3-15-12(14)7-10/h2-7H,1H3,(H,15,16). The molecule has 82 valence electrons. The number of halogens is 2. The Morgan fingerprint density at radius 2 is 2.00 bits per heavy atom. The summed E-state index contributed by atoms with van der Waals surface area (Å²) in [4.78, 5) is 3.93. The van der Waals surface area contributed by atoms with Gasteiger partial charge in [0.05, 0.1) is 0 Å². The zero-order valence-electron chi connectivity index (χ0n) is 8.67. The van der Waals surface area contributed by atoms with E-state index in [4.69, 9.17) is 11.6 Å². The lowest BCUT2D eigenvalue weighted by atomic mass is 10.2. The molecule has 2 rings (SSSR count). The van der Waals surface area contributed by atoms with Gasteiger partial charge in [-0.15, -0.1) is 0 Å². The molecule has 2 aromatic rings. The summed E-state index contributed by atoms with van der Waals surface area (Å²) >= 11 is 9.28. The zero-order chi connectivity index (χ0) is 11.5. The van der Waals surface area contributed by atoms with Crippen LogP contribution in [0.4, 0.5) is 11.4 Å². The molecule has 1 N–H and O–H groups in total. The molecule has 0 saturated heterocycles. The van der Waals surface area contributed by atoms with Crippen LogP contribution in [0, 0.1) is 6.92 Å². The molecule has 0 amide bonds. The first-order valence-corrected chi connectivity index (χ1v) is 5.96. The van der Waals surface area contributed by atoms with Crippen molar-refractivity contribution in [1.82, 2.24) is 4.98 Å². The van der Waals surface area contributed by atoms with Crippen LogP contribution in [0.1, 0.15) is 5.56 Å². The minimum atomic E-state index is 0.483. The van der Waals surface area contributed by atoms with Gasteiger partial charge in [-0.3, -0.25) is 0 Å². The molecule has 0 aliphatic rings. The van der Waals surface area contributed by atoms with E-state index in [1.54, 1.807) is 12.3 Å². The fourth-order valence-corrected chi connectivity index (χ4v) is 2.24. The highest BCUT2D eigenvalue weighted by atomic mass is 79.9. The molecule has 0 spiro atoms. The zero-order valence-corrected chi connectivity index (χ0v) is 11.0. The summed E-state index contributed by atoms with van der Waals surface area (Å²) in [6.45, 7) is 2.05. The van der Waals surface area contributed by atoms with E-state index in [0.717, 1.165) is 15.8 Å². The molecular weight excluding hydrogens is 288 g/mol. The minimum Gasteiger partial charge on any atom is -0.355 e. The van der Waals surface area contributed by atoms with Crippen molar-refractivity contribution in [3.63, 3.8) is 0 Å². The lowest BCUT2D eigenvalue weighted by Gasteiger charge is -2.08. The van der Waals surface area contributed by atoms with Crippen LogP contribution in [0.2, 0.25) is 5.15 Å². The van der Waals surface area contributed by atoms with Crippen molar-refractivity contribution in [2.75, 3.05) is 5.32 Å². The second kappa shape index (κ2) is 4.85. The van der Waals surface area contributed by atoms with Gasteiger partial charge >= 0.3 is 0 Å². The van der Waals surface area contributed by atoms with Crippen molar-refractivity contribution < 1.29 is 0 Å². The number of nitrogens with zero attached hydrogens (tertiary/aromatic N) is 1. The summed E-state index contributed by atoms with van der Waals surface area (Å²) in [7, 11) is 0. The number of aryl methyl sites for hydroxylation is 1. The minimum absolute atomic E-state index is 0.483. The van der Waals surface area contributed by atoms with Crippen LogP contribution in [0.15, 0.2) is 41.0 Å². The Balaban J connectivity index is 2.27. The SMILES string of the molecule is Cc1cc(Br)cc(Nc2ccnc(Cl)c2)c1. The highest BCUT2D eigenvalue weighted by Gasteiger charge is 1.98. The third-order valence-electron chi connectivity index (χ3n) is 2.06. The van der Waals surface area contributed by atoms with E-state index < -0.39 is 0 Å². The van der Waals surface area contributed by atoms with Crippen molar-refractivity contribution >= 4 is 38.9 Å². The Kier molecular flexibility index (Phi) is 3.46. The van der Waals surface area contributed by atoms with E-state index in [0.29, 0.717) is 5.15 Å². The lowest BCUT2D eigenvalue weighted by molar-refractivity contribution is 1.32. The molecule has 0 aliphatic carbocycles. The molecule has 0 unspecified atom stereocenters. The Hall–Kier alpha value is -1.06. The maximum atomic E-state index is 5.81. The van der Waals surface area contributed by atoms with E-state index in [-0.39, 0.29) is 0 Å². The van der Waals surface area contributed by atoms with Gasteiger partial charge in [0, 0.05) is 22.0 Å². The Bertz CT molecular complexity index is 494. The average molecular weight is 298 g/mol. The van der Waals surface area contributed by atoms with Gasteiger partial charge in [0.2, 0.25) is 0 Å². The maximum absolute atomic E-state index is 5.81. The summed E-state index contributed by atoms with van der Waals surface area (Å²) < 4.78 is 1.05. The second-order valence-corrected chi connectivity index (χ2v) is 4.81. The average Bonchev–Trinajstić information content (AvgIpc) is 2.15.